The monoisotopic (exact) mass is 602 g/mol. The van der Waals surface area contributed by atoms with Gasteiger partial charge in [0.15, 0.2) is 19.1 Å². The van der Waals surface area contributed by atoms with Gasteiger partial charge >= 0.3 is 0 Å². The Kier molecular flexibility index (Phi) is 20.6. The van der Waals surface area contributed by atoms with Gasteiger partial charge in [-0.2, -0.15) is 11.8 Å². The summed E-state index contributed by atoms with van der Waals surface area (Å²) in [5.74, 6) is 2.99. The molecule has 0 aliphatic heterocycles. The predicted molar refractivity (Wildman–Crippen MR) is 167 cm³/mol. The van der Waals surface area contributed by atoms with E-state index in [1.807, 2.05) is 0 Å². The fourth-order valence-corrected chi connectivity index (χ4v) is 6.44. The second-order valence-electron chi connectivity index (χ2n) is 10.4. The molecule has 0 aliphatic carbocycles. The third-order valence-corrected chi connectivity index (χ3v) is 8.96. The van der Waals surface area contributed by atoms with Gasteiger partial charge < -0.3 is 35.2 Å². The van der Waals surface area contributed by atoms with Crippen molar-refractivity contribution in [2.75, 3.05) is 30.2 Å². The number of quaternary nitrogens is 1. The number of thioether (sulfide) groups is 1. The molecule has 2 heterocycles. The molecule has 10 nitrogen and oxygen atoms in total. The number of imidazole rings is 1. The molecule has 6 N–H and O–H groups in total. The summed E-state index contributed by atoms with van der Waals surface area (Å²) in [5, 5.41) is 0. The zero-order chi connectivity index (χ0) is 28.2. The van der Waals surface area contributed by atoms with Crippen LogP contribution in [0.4, 0.5) is 5.82 Å². The average Bonchev–Trinajstić information content (AvgIpc) is 3.32. The molecule has 2 aromatic heterocycles. The molecule has 0 aliphatic rings. The maximum atomic E-state index is 12.2. The summed E-state index contributed by atoms with van der Waals surface area (Å²) in [7, 11) is -4.03. The van der Waals surface area contributed by atoms with Crippen LogP contribution in [-0.4, -0.2) is 50.1 Å². The van der Waals surface area contributed by atoms with E-state index >= 15 is 0 Å². The van der Waals surface area contributed by atoms with Crippen molar-refractivity contribution in [2.24, 2.45) is 0 Å². The van der Waals surface area contributed by atoms with Crippen LogP contribution in [0.25, 0.3) is 11.2 Å². The van der Waals surface area contributed by atoms with Gasteiger partial charge in [-0.05, 0) is 37.7 Å². The summed E-state index contributed by atoms with van der Waals surface area (Å²) in [6, 6.07) is 0. The highest BCUT2D eigenvalue weighted by atomic mass is 32.2. The SMILES string of the molecule is CCCCSCCCCCCCCCCCCCCCOP(=O)([O-])CO[C@H](C)Cn1cnc2c(N)ncnc21.[NH4+]. The Balaban J connectivity index is 0.00000800. The third-order valence-electron chi connectivity index (χ3n) is 6.76. The van der Waals surface area contributed by atoms with Crippen LogP contribution in [0.2, 0.25) is 0 Å². The minimum Gasteiger partial charge on any atom is -0.777 e. The van der Waals surface area contributed by atoms with E-state index in [0.29, 0.717) is 23.5 Å². The van der Waals surface area contributed by atoms with Crippen LogP contribution in [0.3, 0.4) is 0 Å². The van der Waals surface area contributed by atoms with E-state index in [1.165, 1.54) is 94.9 Å². The molecule has 0 bridgehead atoms. The lowest BCUT2D eigenvalue weighted by Crippen LogP contribution is -2.20. The lowest BCUT2D eigenvalue weighted by molar-refractivity contribution is -0.205. The number of aromatic nitrogens is 4. The van der Waals surface area contributed by atoms with Gasteiger partial charge in [-0.15, -0.1) is 0 Å². The number of rotatable bonds is 25. The molecule has 2 atom stereocenters. The van der Waals surface area contributed by atoms with Crippen LogP contribution < -0.4 is 16.8 Å². The summed E-state index contributed by atoms with van der Waals surface area (Å²) < 4.78 is 24.6. The Morgan fingerprint density at radius 2 is 1.50 bits per heavy atom. The average molecular weight is 603 g/mol. The highest BCUT2D eigenvalue weighted by Crippen LogP contribution is 2.37. The van der Waals surface area contributed by atoms with E-state index in [-0.39, 0.29) is 18.9 Å². The fourth-order valence-electron chi connectivity index (χ4n) is 4.42. The Hall–Kier alpha value is -1.23. The molecule has 2 rings (SSSR count). The van der Waals surface area contributed by atoms with E-state index in [9.17, 15) is 9.46 Å². The van der Waals surface area contributed by atoms with Crippen molar-refractivity contribution < 1.29 is 18.7 Å². The highest BCUT2D eigenvalue weighted by Gasteiger charge is 2.14. The van der Waals surface area contributed by atoms with Crippen molar-refractivity contribution >= 4 is 36.3 Å². The number of unbranched alkanes of at least 4 members (excludes halogenated alkanes) is 13. The topological polar surface area (TPSA) is 165 Å². The first kappa shape index (κ1) is 36.8. The lowest BCUT2D eigenvalue weighted by Gasteiger charge is -2.25. The largest absolute Gasteiger partial charge is 0.777 e. The molecule has 40 heavy (non-hydrogen) atoms. The number of fused-ring (bicyclic) bond motifs is 1. The van der Waals surface area contributed by atoms with Crippen LogP contribution in [0.1, 0.15) is 110 Å². The van der Waals surface area contributed by atoms with E-state index in [0.717, 1.165) is 19.3 Å². The molecule has 0 aromatic carbocycles. The first-order valence-electron chi connectivity index (χ1n) is 15.0. The summed E-state index contributed by atoms with van der Waals surface area (Å²) >= 11 is 2.12. The van der Waals surface area contributed by atoms with Gasteiger partial charge in [0.1, 0.15) is 18.2 Å². The Labute approximate surface area is 246 Å². The van der Waals surface area contributed by atoms with Crippen molar-refractivity contribution in [3.8, 4) is 0 Å². The van der Waals surface area contributed by atoms with Crippen molar-refractivity contribution in [3.05, 3.63) is 12.7 Å². The maximum absolute atomic E-state index is 12.2. The van der Waals surface area contributed by atoms with Crippen molar-refractivity contribution in [3.63, 3.8) is 0 Å². The Morgan fingerprint density at radius 3 is 2.12 bits per heavy atom. The molecular weight excluding hydrogens is 547 g/mol. The predicted octanol–water partition coefficient (Wildman–Crippen LogP) is 7.32. The zero-order valence-corrected chi connectivity index (χ0v) is 26.9. The maximum Gasteiger partial charge on any atom is 0.165 e. The van der Waals surface area contributed by atoms with Gasteiger partial charge in [-0.1, -0.05) is 84.0 Å². The van der Waals surface area contributed by atoms with E-state index < -0.39 is 13.9 Å². The molecule has 0 spiro atoms. The van der Waals surface area contributed by atoms with E-state index in [4.69, 9.17) is 15.0 Å². The molecule has 232 valence electrons. The minimum atomic E-state index is -4.03. The van der Waals surface area contributed by atoms with Gasteiger partial charge in [0, 0.05) is 0 Å². The first-order chi connectivity index (χ1) is 18.9. The highest BCUT2D eigenvalue weighted by molar-refractivity contribution is 7.99. The molecule has 0 amide bonds. The number of nitrogens with zero attached hydrogens (tertiary/aromatic N) is 4. The Bertz CT molecular complexity index is 951. The number of nitrogen functional groups attached to an aromatic ring is 1. The smallest absolute Gasteiger partial charge is 0.165 e. The molecule has 0 radical (unpaired) electrons. The van der Waals surface area contributed by atoms with Crippen LogP contribution in [0, 0.1) is 0 Å². The number of nitrogens with two attached hydrogens (primary N) is 1. The van der Waals surface area contributed by atoms with Gasteiger partial charge in [-0.25, -0.2) is 15.0 Å². The van der Waals surface area contributed by atoms with Crippen LogP contribution in [0.15, 0.2) is 12.7 Å². The molecule has 0 fully saturated rings. The molecule has 1 unspecified atom stereocenters. The number of ether oxygens (including phenoxy) is 1. The second-order valence-corrected chi connectivity index (χ2v) is 13.4. The van der Waals surface area contributed by atoms with E-state index in [2.05, 4.69) is 33.6 Å². The number of anilines is 1. The standard InChI is InChI=1S/C28H52N5O4PS.H3N/c1-3-4-19-39-20-17-15-13-11-9-7-5-6-8-10-12-14-16-18-37-38(34,35)24-36-25(2)21-33-23-32-26-27(29)30-22-31-28(26)33;/h22-23,25H,3-21,24H2,1-2H3,(H,34,35)(H2,29,30,31);1H3/t25-;/m1./s1. The summed E-state index contributed by atoms with van der Waals surface area (Å²) in [6.07, 6.45) is 21.1. The van der Waals surface area contributed by atoms with Crippen molar-refractivity contribution in [1.29, 1.82) is 0 Å². The molecular formula is C28H55N6O4PS. The Morgan fingerprint density at radius 1 is 0.925 bits per heavy atom. The third kappa shape index (κ3) is 16.3. The minimum absolute atomic E-state index is 0. The first-order valence-corrected chi connectivity index (χ1v) is 17.9. The van der Waals surface area contributed by atoms with Gasteiger partial charge in [0.05, 0.1) is 25.6 Å². The fraction of sp³-hybridized carbons (Fsp3) is 0.821. The zero-order valence-electron chi connectivity index (χ0n) is 25.2. The molecule has 0 saturated heterocycles. The van der Waals surface area contributed by atoms with Crippen LogP contribution in [-0.2, 0) is 20.4 Å². The normalized spacial score (nSPS) is 13.8. The second kappa shape index (κ2) is 22.4. The lowest BCUT2D eigenvalue weighted by atomic mass is 10.0. The van der Waals surface area contributed by atoms with Crippen LogP contribution in [0.5, 0.6) is 0 Å². The van der Waals surface area contributed by atoms with Crippen molar-refractivity contribution in [2.45, 2.75) is 123 Å². The molecule has 12 heteroatoms. The molecule has 2 aromatic rings. The van der Waals surface area contributed by atoms with Gasteiger partial charge in [0.25, 0.3) is 0 Å². The quantitative estimate of drug-likeness (QED) is 0.0874. The van der Waals surface area contributed by atoms with E-state index in [1.54, 1.807) is 17.8 Å². The van der Waals surface area contributed by atoms with Crippen LogP contribution >= 0.6 is 19.4 Å². The summed E-state index contributed by atoms with van der Waals surface area (Å²) in [4.78, 5) is 24.5. The number of hydrogen-bond donors (Lipinski definition) is 2. The van der Waals surface area contributed by atoms with Gasteiger partial charge in [-0.3, -0.25) is 0 Å². The van der Waals surface area contributed by atoms with Gasteiger partial charge in [0.2, 0.25) is 0 Å². The van der Waals surface area contributed by atoms with Crippen molar-refractivity contribution in [1.82, 2.24) is 25.7 Å². The molecule has 0 saturated carbocycles. The summed E-state index contributed by atoms with van der Waals surface area (Å²) in [6.45, 7) is 4.67. The number of hydrogen-bond acceptors (Lipinski definition) is 9. The summed E-state index contributed by atoms with van der Waals surface area (Å²) in [5.41, 5.74) is 6.91.